The van der Waals surface area contributed by atoms with E-state index in [2.05, 4.69) is 15.3 Å². The number of thioether (sulfide) groups is 1. The highest BCUT2D eigenvalue weighted by Gasteiger charge is 2.13. The van der Waals surface area contributed by atoms with Gasteiger partial charge in [0.1, 0.15) is 11.4 Å². The molecule has 0 unspecified atom stereocenters. The van der Waals surface area contributed by atoms with Crippen molar-refractivity contribution in [1.29, 1.82) is 0 Å². The van der Waals surface area contributed by atoms with Gasteiger partial charge in [-0.3, -0.25) is 9.59 Å². The molecule has 0 radical (unpaired) electrons. The van der Waals surface area contributed by atoms with Crippen LogP contribution in [0, 0.1) is 0 Å². The highest BCUT2D eigenvalue weighted by Crippen LogP contribution is 2.25. The predicted octanol–water partition coefficient (Wildman–Crippen LogP) is 3.15. The lowest BCUT2D eigenvalue weighted by Crippen LogP contribution is -2.31. The van der Waals surface area contributed by atoms with Crippen LogP contribution in [0.25, 0.3) is 0 Å². The van der Waals surface area contributed by atoms with Crippen LogP contribution in [0.15, 0.2) is 29.2 Å². The van der Waals surface area contributed by atoms with Crippen molar-refractivity contribution < 1.29 is 4.79 Å². The fourth-order valence-electron chi connectivity index (χ4n) is 2.07. The SMILES string of the molecule is CSCCCNC(=O)c1cnc(Cc2c(Cl)cccc2Cl)[nH]c1=O. The molecule has 128 valence electrons. The molecule has 0 fully saturated rings. The monoisotopic (exact) mass is 385 g/mol. The molecule has 0 aliphatic carbocycles. The molecule has 0 saturated carbocycles. The number of aromatic nitrogens is 2. The second-order valence-electron chi connectivity index (χ2n) is 5.05. The molecule has 0 aliphatic rings. The van der Waals surface area contributed by atoms with Crippen LogP contribution in [-0.4, -0.2) is 34.4 Å². The minimum absolute atomic E-state index is 0.00634. The number of nitrogens with zero attached hydrogens (tertiary/aromatic N) is 1. The number of halogens is 2. The molecule has 0 saturated heterocycles. The summed E-state index contributed by atoms with van der Waals surface area (Å²) in [5.41, 5.74) is 0.192. The molecule has 0 aliphatic heterocycles. The van der Waals surface area contributed by atoms with E-state index in [1.165, 1.54) is 6.20 Å². The Hall–Kier alpha value is -1.50. The van der Waals surface area contributed by atoms with Crippen molar-refractivity contribution in [2.24, 2.45) is 0 Å². The number of nitrogens with one attached hydrogen (secondary N) is 2. The maximum Gasteiger partial charge on any atom is 0.263 e. The Kier molecular flexibility index (Phi) is 7.15. The van der Waals surface area contributed by atoms with Crippen LogP contribution in [0.1, 0.15) is 28.2 Å². The standard InChI is InChI=1S/C16H17Cl2N3O2S/c1-24-7-3-6-19-15(22)11-9-20-14(21-16(11)23)8-10-12(17)4-2-5-13(10)18/h2,4-5,9H,3,6-8H2,1H3,(H,19,22)(H,20,21,23). The van der Waals surface area contributed by atoms with Gasteiger partial charge in [0.2, 0.25) is 0 Å². The number of H-pyrrole nitrogens is 1. The van der Waals surface area contributed by atoms with E-state index in [4.69, 9.17) is 23.2 Å². The van der Waals surface area contributed by atoms with E-state index in [-0.39, 0.29) is 12.0 Å². The first-order chi connectivity index (χ1) is 11.5. The third-order valence-corrected chi connectivity index (χ3v) is 4.72. The molecule has 0 bridgehead atoms. The van der Waals surface area contributed by atoms with E-state index in [9.17, 15) is 9.59 Å². The maximum atomic E-state index is 12.1. The average molecular weight is 386 g/mol. The quantitative estimate of drug-likeness (QED) is 0.717. The number of carbonyl (C=O) groups is 1. The summed E-state index contributed by atoms with van der Waals surface area (Å²) in [5, 5.41) is 3.71. The summed E-state index contributed by atoms with van der Waals surface area (Å²) in [6.07, 6.45) is 4.41. The molecule has 0 atom stereocenters. The normalized spacial score (nSPS) is 10.6. The minimum atomic E-state index is -0.481. The molecule has 1 aromatic heterocycles. The number of rotatable bonds is 7. The summed E-state index contributed by atoms with van der Waals surface area (Å²) < 4.78 is 0. The van der Waals surface area contributed by atoms with Crippen LogP contribution >= 0.6 is 35.0 Å². The second-order valence-corrected chi connectivity index (χ2v) is 6.85. The lowest BCUT2D eigenvalue weighted by molar-refractivity contribution is 0.0952. The summed E-state index contributed by atoms with van der Waals surface area (Å²) in [4.78, 5) is 30.8. The third kappa shape index (κ3) is 5.00. The topological polar surface area (TPSA) is 74.8 Å². The van der Waals surface area contributed by atoms with Crippen molar-refractivity contribution in [3.63, 3.8) is 0 Å². The first-order valence-electron chi connectivity index (χ1n) is 7.31. The van der Waals surface area contributed by atoms with Gasteiger partial charge in [-0.15, -0.1) is 0 Å². The molecular weight excluding hydrogens is 369 g/mol. The molecule has 5 nitrogen and oxygen atoms in total. The zero-order valence-electron chi connectivity index (χ0n) is 13.1. The minimum Gasteiger partial charge on any atom is -0.352 e. The van der Waals surface area contributed by atoms with E-state index >= 15 is 0 Å². The van der Waals surface area contributed by atoms with Crippen molar-refractivity contribution in [1.82, 2.24) is 15.3 Å². The molecule has 0 spiro atoms. The van der Waals surface area contributed by atoms with Crippen LogP contribution in [-0.2, 0) is 6.42 Å². The summed E-state index contributed by atoms with van der Waals surface area (Å²) in [7, 11) is 0. The number of hydrogen-bond acceptors (Lipinski definition) is 4. The van der Waals surface area contributed by atoms with Gasteiger partial charge in [-0.25, -0.2) is 4.98 Å². The molecule has 24 heavy (non-hydrogen) atoms. The zero-order valence-corrected chi connectivity index (χ0v) is 15.4. The van der Waals surface area contributed by atoms with Crippen molar-refractivity contribution in [2.75, 3.05) is 18.6 Å². The molecule has 1 aromatic carbocycles. The number of amides is 1. The Labute approximate surface area is 154 Å². The number of carbonyl (C=O) groups excluding carboxylic acids is 1. The Morgan fingerprint density at radius 2 is 2.04 bits per heavy atom. The van der Waals surface area contributed by atoms with E-state index in [1.807, 2.05) is 6.26 Å². The Morgan fingerprint density at radius 1 is 1.33 bits per heavy atom. The van der Waals surface area contributed by atoms with Gasteiger partial charge in [0, 0.05) is 29.2 Å². The van der Waals surface area contributed by atoms with Crippen molar-refractivity contribution in [3.05, 3.63) is 61.7 Å². The zero-order chi connectivity index (χ0) is 17.5. The van der Waals surface area contributed by atoms with Crippen molar-refractivity contribution in [2.45, 2.75) is 12.8 Å². The Balaban J connectivity index is 2.09. The van der Waals surface area contributed by atoms with E-state index in [1.54, 1.807) is 30.0 Å². The summed E-state index contributed by atoms with van der Waals surface area (Å²) in [6, 6.07) is 5.18. The van der Waals surface area contributed by atoms with Crippen LogP contribution in [0.2, 0.25) is 10.0 Å². The molecule has 8 heteroatoms. The van der Waals surface area contributed by atoms with Crippen molar-refractivity contribution >= 4 is 40.9 Å². The highest BCUT2D eigenvalue weighted by molar-refractivity contribution is 7.98. The molecular formula is C16H17Cl2N3O2S. The summed E-state index contributed by atoms with van der Waals surface area (Å²) in [6.45, 7) is 0.524. The lowest BCUT2D eigenvalue weighted by Gasteiger charge is -2.07. The van der Waals surface area contributed by atoms with Crippen LogP contribution < -0.4 is 10.9 Å². The third-order valence-electron chi connectivity index (χ3n) is 3.31. The van der Waals surface area contributed by atoms with Crippen LogP contribution in [0.5, 0.6) is 0 Å². The van der Waals surface area contributed by atoms with Gasteiger partial charge >= 0.3 is 0 Å². The first kappa shape index (κ1) is 18.8. The van der Waals surface area contributed by atoms with Gasteiger partial charge in [-0.05, 0) is 36.1 Å². The number of benzene rings is 1. The molecule has 2 aromatic rings. The first-order valence-corrected chi connectivity index (χ1v) is 9.46. The second kappa shape index (κ2) is 9.11. The number of aromatic amines is 1. The van der Waals surface area contributed by atoms with E-state index < -0.39 is 11.5 Å². The maximum absolute atomic E-state index is 12.1. The van der Waals surface area contributed by atoms with Crippen LogP contribution in [0.3, 0.4) is 0 Å². The van der Waals surface area contributed by atoms with E-state index in [0.717, 1.165) is 12.2 Å². The predicted molar refractivity (Wildman–Crippen MR) is 99.5 cm³/mol. The van der Waals surface area contributed by atoms with E-state index in [0.29, 0.717) is 28.0 Å². The summed E-state index contributed by atoms with van der Waals surface area (Å²) >= 11 is 13.9. The van der Waals surface area contributed by atoms with Crippen LogP contribution in [0.4, 0.5) is 0 Å². The van der Waals surface area contributed by atoms with Gasteiger partial charge in [0.05, 0.1) is 0 Å². The summed E-state index contributed by atoms with van der Waals surface area (Å²) in [5.74, 6) is 0.924. The average Bonchev–Trinajstić information content (AvgIpc) is 2.55. The number of hydrogen-bond donors (Lipinski definition) is 2. The fraction of sp³-hybridized carbons (Fsp3) is 0.312. The molecule has 1 amide bonds. The molecule has 1 heterocycles. The van der Waals surface area contributed by atoms with Crippen molar-refractivity contribution in [3.8, 4) is 0 Å². The molecule has 2 N–H and O–H groups in total. The molecule has 2 rings (SSSR count). The largest absolute Gasteiger partial charge is 0.352 e. The van der Waals surface area contributed by atoms with Gasteiger partial charge in [0.25, 0.3) is 11.5 Å². The Bertz CT molecular complexity index is 760. The van der Waals surface area contributed by atoms with Gasteiger partial charge in [0.15, 0.2) is 0 Å². The van der Waals surface area contributed by atoms with Gasteiger partial charge in [-0.1, -0.05) is 29.3 Å². The highest BCUT2D eigenvalue weighted by atomic mass is 35.5. The fourth-order valence-corrected chi connectivity index (χ4v) is 3.03. The van der Waals surface area contributed by atoms with Gasteiger partial charge < -0.3 is 10.3 Å². The lowest BCUT2D eigenvalue weighted by atomic mass is 10.1. The smallest absolute Gasteiger partial charge is 0.263 e. The Morgan fingerprint density at radius 3 is 2.67 bits per heavy atom. The van der Waals surface area contributed by atoms with Gasteiger partial charge in [-0.2, -0.15) is 11.8 Å².